The molecule has 1 aliphatic heterocycles. The number of benzene rings is 2. The number of rotatable bonds is 5. The second-order valence-corrected chi connectivity index (χ2v) is 7.28. The summed E-state index contributed by atoms with van der Waals surface area (Å²) in [6.07, 6.45) is 6.40. The summed E-state index contributed by atoms with van der Waals surface area (Å²) in [4.78, 5) is 35.4. The molecule has 0 spiro atoms. The summed E-state index contributed by atoms with van der Waals surface area (Å²) in [7, 11) is 0. The number of nitrogens with one attached hydrogen (secondary N) is 2. The molecule has 1 fully saturated rings. The van der Waals surface area contributed by atoms with Crippen molar-refractivity contribution >= 4 is 23.4 Å². The van der Waals surface area contributed by atoms with Crippen molar-refractivity contribution in [2.24, 2.45) is 0 Å². The van der Waals surface area contributed by atoms with Crippen molar-refractivity contribution in [2.75, 3.05) is 11.9 Å². The summed E-state index contributed by atoms with van der Waals surface area (Å²) in [5, 5.41) is 4.91. The highest BCUT2D eigenvalue weighted by Gasteiger charge is 2.26. The van der Waals surface area contributed by atoms with E-state index in [1.165, 1.54) is 49.8 Å². The number of ether oxygens (including phenoxy) is 1. The zero-order chi connectivity index (χ0) is 19.5. The van der Waals surface area contributed by atoms with Crippen molar-refractivity contribution in [1.82, 2.24) is 5.32 Å². The molecule has 6 heteroatoms. The molecule has 2 aromatic rings. The monoisotopic (exact) mass is 378 g/mol. The lowest BCUT2D eigenvalue weighted by atomic mass is 9.84. The number of amides is 3. The fourth-order valence-corrected chi connectivity index (χ4v) is 3.86. The summed E-state index contributed by atoms with van der Waals surface area (Å²) in [6, 6.07) is 12.6. The number of hydrogen-bond donors (Lipinski definition) is 2. The van der Waals surface area contributed by atoms with Gasteiger partial charge in [-0.15, -0.1) is 0 Å². The number of anilines is 1. The Morgan fingerprint density at radius 2 is 1.68 bits per heavy atom. The molecule has 4 rings (SSSR count). The first-order valence-electron chi connectivity index (χ1n) is 9.62. The average Bonchev–Trinajstić information content (AvgIpc) is 3.01. The number of fused-ring (bicyclic) bond motifs is 1. The van der Waals surface area contributed by atoms with Crippen molar-refractivity contribution in [3.8, 4) is 5.75 Å². The predicted octanol–water partition coefficient (Wildman–Crippen LogP) is 3.64. The first-order valence-corrected chi connectivity index (χ1v) is 9.62. The molecule has 3 amide bonds. The largest absolute Gasteiger partial charge is 0.484 e. The van der Waals surface area contributed by atoms with Gasteiger partial charge >= 0.3 is 0 Å². The normalized spacial score (nSPS) is 16.4. The van der Waals surface area contributed by atoms with Gasteiger partial charge in [0.05, 0.1) is 11.1 Å². The second kappa shape index (κ2) is 7.84. The molecule has 28 heavy (non-hydrogen) atoms. The van der Waals surface area contributed by atoms with Crippen molar-refractivity contribution < 1.29 is 19.1 Å². The smallest absolute Gasteiger partial charge is 0.262 e. The van der Waals surface area contributed by atoms with Gasteiger partial charge in [0.1, 0.15) is 5.75 Å². The Balaban J connectivity index is 1.32. The van der Waals surface area contributed by atoms with Crippen molar-refractivity contribution in [1.29, 1.82) is 0 Å². The maximum Gasteiger partial charge on any atom is 0.262 e. The molecule has 6 nitrogen and oxygen atoms in total. The van der Waals surface area contributed by atoms with Crippen LogP contribution in [0.1, 0.15) is 64.3 Å². The Hall–Kier alpha value is -3.15. The van der Waals surface area contributed by atoms with Gasteiger partial charge in [-0.3, -0.25) is 19.7 Å². The Labute approximate surface area is 163 Å². The number of hydrogen-bond acceptors (Lipinski definition) is 4. The lowest BCUT2D eigenvalue weighted by Gasteiger charge is -2.22. The van der Waals surface area contributed by atoms with Crippen LogP contribution >= 0.6 is 0 Å². The lowest BCUT2D eigenvalue weighted by molar-refractivity contribution is -0.118. The summed E-state index contributed by atoms with van der Waals surface area (Å²) in [6.45, 7) is -0.134. The van der Waals surface area contributed by atoms with E-state index in [-0.39, 0.29) is 18.1 Å². The molecule has 0 radical (unpaired) electrons. The average molecular weight is 378 g/mol. The predicted molar refractivity (Wildman–Crippen MR) is 105 cm³/mol. The fourth-order valence-electron chi connectivity index (χ4n) is 3.86. The van der Waals surface area contributed by atoms with E-state index in [0.29, 0.717) is 22.9 Å². The first-order chi connectivity index (χ1) is 13.6. The van der Waals surface area contributed by atoms with Gasteiger partial charge in [0.15, 0.2) is 6.61 Å². The van der Waals surface area contributed by atoms with E-state index in [2.05, 4.69) is 22.8 Å². The standard InChI is InChI=1S/C22H22N2O4/c25-20(23-16-8-11-18-19(12-16)22(27)24-21(18)26)13-28-17-9-6-15(7-10-17)14-4-2-1-3-5-14/h6-12,14H,1-5,13H2,(H,23,25)(H,24,26,27). The fraction of sp³-hybridized carbons (Fsp3) is 0.318. The molecule has 1 saturated carbocycles. The highest BCUT2D eigenvalue weighted by Crippen LogP contribution is 2.33. The van der Waals surface area contributed by atoms with Crippen molar-refractivity contribution in [3.05, 3.63) is 59.2 Å². The van der Waals surface area contributed by atoms with Crippen LogP contribution in [0, 0.1) is 0 Å². The Bertz CT molecular complexity index is 915. The molecule has 1 heterocycles. The van der Waals surface area contributed by atoms with Crippen LogP contribution in [0.5, 0.6) is 5.75 Å². The first kappa shape index (κ1) is 18.2. The number of imide groups is 1. The lowest BCUT2D eigenvalue weighted by Crippen LogP contribution is -2.20. The topological polar surface area (TPSA) is 84.5 Å². The minimum absolute atomic E-state index is 0.134. The van der Waals surface area contributed by atoms with Crippen LogP contribution in [0.3, 0.4) is 0 Å². The zero-order valence-electron chi connectivity index (χ0n) is 15.5. The van der Waals surface area contributed by atoms with Gasteiger partial charge in [-0.05, 0) is 54.7 Å². The molecule has 2 aliphatic rings. The van der Waals surface area contributed by atoms with Crippen LogP contribution in [0.2, 0.25) is 0 Å². The maximum absolute atomic E-state index is 12.1. The minimum Gasteiger partial charge on any atom is -0.484 e. The minimum atomic E-state index is -0.453. The maximum atomic E-state index is 12.1. The summed E-state index contributed by atoms with van der Waals surface area (Å²) >= 11 is 0. The van der Waals surface area contributed by atoms with Crippen LogP contribution in [0.15, 0.2) is 42.5 Å². The summed E-state index contributed by atoms with van der Waals surface area (Å²) < 4.78 is 5.57. The zero-order valence-corrected chi connectivity index (χ0v) is 15.5. The quantitative estimate of drug-likeness (QED) is 0.778. The Morgan fingerprint density at radius 1 is 0.964 bits per heavy atom. The molecule has 0 aromatic heterocycles. The van der Waals surface area contributed by atoms with E-state index in [9.17, 15) is 14.4 Å². The SMILES string of the molecule is O=C(COc1ccc(C2CCCCC2)cc1)Nc1ccc2c(c1)C(=O)NC2=O. The molecule has 1 aliphatic carbocycles. The number of carbonyl (C=O) groups is 3. The van der Waals surface area contributed by atoms with Gasteiger partial charge in [-0.1, -0.05) is 31.4 Å². The van der Waals surface area contributed by atoms with E-state index < -0.39 is 11.8 Å². The molecule has 0 atom stereocenters. The van der Waals surface area contributed by atoms with Gasteiger partial charge in [-0.2, -0.15) is 0 Å². The van der Waals surface area contributed by atoms with E-state index in [1.54, 1.807) is 6.07 Å². The molecule has 0 unspecified atom stereocenters. The van der Waals surface area contributed by atoms with E-state index >= 15 is 0 Å². The Kier molecular flexibility index (Phi) is 5.10. The van der Waals surface area contributed by atoms with E-state index in [1.807, 2.05) is 12.1 Å². The van der Waals surface area contributed by atoms with Gasteiger partial charge < -0.3 is 10.1 Å². The second-order valence-electron chi connectivity index (χ2n) is 7.28. The molecule has 0 bridgehead atoms. The van der Waals surface area contributed by atoms with Crippen molar-refractivity contribution in [2.45, 2.75) is 38.0 Å². The summed E-state index contributed by atoms with van der Waals surface area (Å²) in [5.74, 6) is 0.0768. The molecular formula is C22H22N2O4. The molecular weight excluding hydrogens is 356 g/mol. The highest BCUT2D eigenvalue weighted by atomic mass is 16.5. The van der Waals surface area contributed by atoms with Gasteiger partial charge in [-0.25, -0.2) is 0 Å². The van der Waals surface area contributed by atoms with Crippen LogP contribution in [-0.4, -0.2) is 24.3 Å². The number of carbonyl (C=O) groups excluding carboxylic acids is 3. The molecule has 144 valence electrons. The van der Waals surface area contributed by atoms with E-state index in [4.69, 9.17) is 4.74 Å². The van der Waals surface area contributed by atoms with E-state index in [0.717, 1.165) is 0 Å². The van der Waals surface area contributed by atoms with Crippen LogP contribution in [0.25, 0.3) is 0 Å². The van der Waals surface area contributed by atoms with Gasteiger partial charge in [0, 0.05) is 5.69 Å². The van der Waals surface area contributed by atoms with Gasteiger partial charge in [0.2, 0.25) is 0 Å². The van der Waals surface area contributed by atoms with Gasteiger partial charge in [0.25, 0.3) is 17.7 Å². The van der Waals surface area contributed by atoms with Crippen LogP contribution in [0.4, 0.5) is 5.69 Å². The highest BCUT2D eigenvalue weighted by molar-refractivity contribution is 6.22. The summed E-state index contributed by atoms with van der Waals surface area (Å²) in [5.41, 5.74) is 2.37. The molecule has 2 aromatic carbocycles. The molecule has 2 N–H and O–H groups in total. The van der Waals surface area contributed by atoms with Crippen LogP contribution in [-0.2, 0) is 4.79 Å². The third-order valence-corrected chi connectivity index (χ3v) is 5.35. The van der Waals surface area contributed by atoms with Crippen molar-refractivity contribution in [3.63, 3.8) is 0 Å². The molecule has 0 saturated heterocycles. The third-order valence-electron chi connectivity index (χ3n) is 5.35. The third kappa shape index (κ3) is 3.91. The Morgan fingerprint density at radius 3 is 2.43 bits per heavy atom. The van der Waals surface area contributed by atoms with Crippen LogP contribution < -0.4 is 15.4 Å².